The van der Waals surface area contributed by atoms with Gasteiger partial charge in [0.2, 0.25) is 5.91 Å². The van der Waals surface area contributed by atoms with Gasteiger partial charge in [0.05, 0.1) is 17.9 Å². The maximum atomic E-state index is 11.7. The summed E-state index contributed by atoms with van der Waals surface area (Å²) in [7, 11) is 1.91. The van der Waals surface area contributed by atoms with Crippen LogP contribution >= 0.6 is 11.6 Å². The van der Waals surface area contributed by atoms with Crippen LogP contribution in [0.5, 0.6) is 0 Å². The molecule has 0 aliphatic rings. The first-order chi connectivity index (χ1) is 8.02. The molecule has 0 spiro atoms. The third-order valence-electron chi connectivity index (χ3n) is 2.31. The molecule has 94 valence electrons. The van der Waals surface area contributed by atoms with Crippen molar-refractivity contribution in [1.29, 1.82) is 0 Å². The van der Waals surface area contributed by atoms with Gasteiger partial charge in [-0.05, 0) is 38.2 Å². The largest absolute Gasteiger partial charge is 0.397 e. The Morgan fingerprint density at radius 3 is 2.88 bits per heavy atom. The summed E-state index contributed by atoms with van der Waals surface area (Å²) in [6.45, 7) is 3.31. The average Bonchev–Trinajstić information content (AvgIpc) is 2.23. The zero-order chi connectivity index (χ0) is 12.8. The fraction of sp³-hybridized carbons (Fsp3) is 0.417. The first-order valence-corrected chi connectivity index (χ1v) is 5.94. The van der Waals surface area contributed by atoms with Crippen LogP contribution in [0, 0.1) is 0 Å². The van der Waals surface area contributed by atoms with Crippen molar-refractivity contribution in [2.45, 2.75) is 13.3 Å². The van der Waals surface area contributed by atoms with Gasteiger partial charge >= 0.3 is 0 Å². The number of anilines is 2. The molecule has 0 saturated carbocycles. The summed E-state index contributed by atoms with van der Waals surface area (Å²) >= 11 is 5.84. The molecule has 0 aliphatic carbocycles. The highest BCUT2D eigenvalue weighted by molar-refractivity contribution is 6.31. The molecule has 0 fully saturated rings. The van der Waals surface area contributed by atoms with Crippen molar-refractivity contribution >= 4 is 28.9 Å². The third kappa shape index (κ3) is 4.63. The van der Waals surface area contributed by atoms with Crippen LogP contribution in [0.4, 0.5) is 11.4 Å². The number of halogens is 1. The number of hydrogen-bond donors (Lipinski definition) is 2. The highest BCUT2D eigenvalue weighted by atomic mass is 35.5. The van der Waals surface area contributed by atoms with E-state index < -0.39 is 0 Å². The molecule has 17 heavy (non-hydrogen) atoms. The zero-order valence-corrected chi connectivity index (χ0v) is 10.9. The summed E-state index contributed by atoms with van der Waals surface area (Å²) in [5, 5.41) is 3.30. The molecular weight excluding hydrogens is 238 g/mol. The number of nitrogens with one attached hydrogen (secondary N) is 1. The van der Waals surface area contributed by atoms with Gasteiger partial charge in [-0.2, -0.15) is 0 Å². The molecule has 0 radical (unpaired) electrons. The molecule has 1 rings (SSSR count). The second kappa shape index (κ2) is 6.47. The number of carbonyl (C=O) groups excluding carboxylic acids is 1. The fourth-order valence-corrected chi connectivity index (χ4v) is 1.70. The summed E-state index contributed by atoms with van der Waals surface area (Å²) in [6.07, 6.45) is 1.02. The maximum Gasteiger partial charge on any atom is 0.238 e. The predicted octanol–water partition coefficient (Wildman–Crippen LogP) is 2.20. The van der Waals surface area contributed by atoms with Crippen molar-refractivity contribution in [3.63, 3.8) is 0 Å². The van der Waals surface area contributed by atoms with Crippen molar-refractivity contribution in [3.05, 3.63) is 23.2 Å². The lowest BCUT2D eigenvalue weighted by Gasteiger charge is -2.15. The minimum absolute atomic E-state index is 0.0880. The topological polar surface area (TPSA) is 58.4 Å². The van der Waals surface area contributed by atoms with Crippen molar-refractivity contribution in [1.82, 2.24) is 4.90 Å². The van der Waals surface area contributed by atoms with E-state index in [1.807, 2.05) is 11.9 Å². The molecular formula is C12H18ClN3O. The molecule has 0 aromatic heterocycles. The van der Waals surface area contributed by atoms with E-state index in [2.05, 4.69) is 12.2 Å². The summed E-state index contributed by atoms with van der Waals surface area (Å²) in [5.74, 6) is -0.0880. The number of carbonyl (C=O) groups is 1. The van der Waals surface area contributed by atoms with Crippen LogP contribution in [0.1, 0.15) is 13.3 Å². The second-order valence-corrected chi connectivity index (χ2v) is 4.45. The second-order valence-electron chi connectivity index (χ2n) is 4.02. The number of nitrogen functional groups attached to an aromatic ring is 1. The number of rotatable bonds is 5. The van der Waals surface area contributed by atoms with E-state index in [1.165, 1.54) is 0 Å². The van der Waals surface area contributed by atoms with Gasteiger partial charge in [0.25, 0.3) is 0 Å². The van der Waals surface area contributed by atoms with Crippen molar-refractivity contribution < 1.29 is 4.79 Å². The molecule has 0 bridgehead atoms. The lowest BCUT2D eigenvalue weighted by Crippen LogP contribution is -2.30. The van der Waals surface area contributed by atoms with Crippen LogP contribution in [-0.4, -0.2) is 30.9 Å². The van der Waals surface area contributed by atoms with Gasteiger partial charge in [-0.25, -0.2) is 0 Å². The maximum absolute atomic E-state index is 11.7. The Morgan fingerprint density at radius 2 is 2.24 bits per heavy atom. The standard InChI is InChI=1S/C12H18ClN3O/c1-3-6-16(2)8-12(17)15-11-7-9(13)4-5-10(11)14/h4-5,7H,3,6,8,14H2,1-2H3,(H,15,17). The van der Waals surface area contributed by atoms with Crippen LogP contribution in [0.15, 0.2) is 18.2 Å². The van der Waals surface area contributed by atoms with Gasteiger partial charge in [0.15, 0.2) is 0 Å². The average molecular weight is 256 g/mol. The summed E-state index contributed by atoms with van der Waals surface area (Å²) < 4.78 is 0. The lowest BCUT2D eigenvalue weighted by atomic mass is 10.2. The highest BCUT2D eigenvalue weighted by Crippen LogP contribution is 2.22. The van der Waals surface area contributed by atoms with Crippen LogP contribution in [0.2, 0.25) is 5.02 Å². The van der Waals surface area contributed by atoms with Crippen LogP contribution in [-0.2, 0) is 4.79 Å². The highest BCUT2D eigenvalue weighted by Gasteiger charge is 2.08. The van der Waals surface area contributed by atoms with Gasteiger partial charge in [-0.15, -0.1) is 0 Å². The minimum atomic E-state index is -0.0880. The van der Waals surface area contributed by atoms with E-state index in [1.54, 1.807) is 18.2 Å². The molecule has 1 aromatic rings. The monoisotopic (exact) mass is 255 g/mol. The minimum Gasteiger partial charge on any atom is -0.397 e. The molecule has 0 saturated heterocycles. The number of nitrogens with two attached hydrogens (primary N) is 1. The van der Waals surface area contributed by atoms with Gasteiger partial charge in [-0.1, -0.05) is 18.5 Å². The van der Waals surface area contributed by atoms with E-state index >= 15 is 0 Å². The Labute approximate surface area is 107 Å². The van der Waals surface area contributed by atoms with Crippen LogP contribution in [0.25, 0.3) is 0 Å². The summed E-state index contributed by atoms with van der Waals surface area (Å²) in [6, 6.07) is 5.01. The molecule has 4 nitrogen and oxygen atoms in total. The van der Waals surface area contributed by atoms with Crippen molar-refractivity contribution in [3.8, 4) is 0 Å². The third-order valence-corrected chi connectivity index (χ3v) is 2.54. The van der Waals surface area contributed by atoms with Crippen molar-refractivity contribution in [2.24, 2.45) is 0 Å². The van der Waals surface area contributed by atoms with E-state index in [0.717, 1.165) is 13.0 Å². The smallest absolute Gasteiger partial charge is 0.238 e. The Hall–Kier alpha value is -1.26. The number of nitrogens with zero attached hydrogens (tertiary/aromatic N) is 1. The Morgan fingerprint density at radius 1 is 1.53 bits per heavy atom. The van der Waals surface area contributed by atoms with Gasteiger partial charge in [0.1, 0.15) is 0 Å². The Kier molecular flexibility index (Phi) is 5.25. The molecule has 0 aliphatic heterocycles. The summed E-state index contributed by atoms with van der Waals surface area (Å²) in [4.78, 5) is 13.7. The molecule has 0 atom stereocenters. The Bertz CT molecular complexity index is 395. The van der Waals surface area contributed by atoms with Crippen LogP contribution in [0.3, 0.4) is 0 Å². The number of likely N-dealkylation sites (N-methyl/N-ethyl adjacent to an activating group) is 1. The number of hydrogen-bond acceptors (Lipinski definition) is 3. The molecule has 5 heteroatoms. The van der Waals surface area contributed by atoms with E-state index in [4.69, 9.17) is 17.3 Å². The van der Waals surface area contributed by atoms with Gasteiger partial charge in [-0.3, -0.25) is 9.69 Å². The fourth-order valence-electron chi connectivity index (χ4n) is 1.53. The summed E-state index contributed by atoms with van der Waals surface area (Å²) in [5.41, 5.74) is 6.82. The SMILES string of the molecule is CCCN(C)CC(=O)Nc1cc(Cl)ccc1N. The number of amides is 1. The normalized spacial score (nSPS) is 10.6. The molecule has 3 N–H and O–H groups in total. The zero-order valence-electron chi connectivity index (χ0n) is 10.2. The molecule has 0 unspecified atom stereocenters. The van der Waals surface area contributed by atoms with E-state index in [9.17, 15) is 4.79 Å². The quantitative estimate of drug-likeness (QED) is 0.793. The predicted molar refractivity (Wildman–Crippen MR) is 72.3 cm³/mol. The van der Waals surface area contributed by atoms with Crippen molar-refractivity contribution in [2.75, 3.05) is 31.2 Å². The van der Waals surface area contributed by atoms with Gasteiger partial charge in [0, 0.05) is 5.02 Å². The molecule has 1 aromatic carbocycles. The van der Waals surface area contributed by atoms with E-state index in [0.29, 0.717) is 22.9 Å². The first-order valence-electron chi connectivity index (χ1n) is 5.56. The van der Waals surface area contributed by atoms with Crippen LogP contribution < -0.4 is 11.1 Å². The Balaban J connectivity index is 2.58. The lowest BCUT2D eigenvalue weighted by molar-refractivity contribution is -0.117. The number of benzene rings is 1. The molecule has 1 amide bonds. The molecule has 0 heterocycles. The van der Waals surface area contributed by atoms with E-state index in [-0.39, 0.29) is 5.91 Å². The van der Waals surface area contributed by atoms with Gasteiger partial charge < -0.3 is 11.1 Å². The first kappa shape index (κ1) is 13.8.